The van der Waals surface area contributed by atoms with Gasteiger partial charge in [0.25, 0.3) is 9.05 Å². The van der Waals surface area contributed by atoms with Gasteiger partial charge in [0.15, 0.2) is 9.99 Å². The molecule has 0 spiro atoms. The van der Waals surface area contributed by atoms with Crippen LogP contribution in [0.5, 0.6) is 0 Å². The van der Waals surface area contributed by atoms with Gasteiger partial charge in [-0.05, 0) is 12.3 Å². The molecule has 2 aromatic rings. The minimum atomic E-state index is -3.76. The summed E-state index contributed by atoms with van der Waals surface area (Å²) in [4.78, 5) is 6.10. The highest BCUT2D eigenvalue weighted by molar-refractivity contribution is 8.13. The molecule has 0 aliphatic heterocycles. The molecule has 4 nitrogen and oxygen atoms in total. The van der Waals surface area contributed by atoms with Crippen molar-refractivity contribution in [1.82, 2.24) is 9.38 Å². The number of aromatic nitrogens is 2. The zero-order chi connectivity index (χ0) is 12.8. The van der Waals surface area contributed by atoms with Gasteiger partial charge < -0.3 is 0 Å². The van der Waals surface area contributed by atoms with Crippen molar-refractivity contribution < 1.29 is 8.42 Å². The number of fused-ring (bicyclic) bond motifs is 1. The van der Waals surface area contributed by atoms with Crippen LogP contribution in [0.4, 0.5) is 0 Å². The molecule has 0 radical (unpaired) electrons. The molecule has 0 aliphatic rings. The summed E-state index contributed by atoms with van der Waals surface area (Å²) in [6.45, 7) is 5.98. The summed E-state index contributed by atoms with van der Waals surface area (Å²) in [6, 6.07) is 0. The molecule has 2 aromatic heterocycles. The van der Waals surface area contributed by atoms with E-state index < -0.39 is 9.05 Å². The summed E-state index contributed by atoms with van der Waals surface area (Å²) < 4.78 is 24.7. The number of imidazole rings is 1. The van der Waals surface area contributed by atoms with Crippen molar-refractivity contribution in [3.05, 3.63) is 16.8 Å². The summed E-state index contributed by atoms with van der Waals surface area (Å²) in [5, 5.41) is 0.111. The topological polar surface area (TPSA) is 51.4 Å². The second-order valence-electron chi connectivity index (χ2n) is 4.10. The Hall–Kier alpha value is -0.590. The molecule has 0 amide bonds. The number of aryl methyl sites for hydroxylation is 1. The summed E-state index contributed by atoms with van der Waals surface area (Å²) in [7, 11) is 1.71. The molecule has 0 bridgehead atoms. The second-order valence-corrected chi connectivity index (χ2v) is 7.62. The van der Waals surface area contributed by atoms with Crippen molar-refractivity contribution in [2.24, 2.45) is 0 Å². The third kappa shape index (κ3) is 2.21. The highest BCUT2D eigenvalue weighted by Crippen LogP contribution is 2.30. The first-order valence-corrected chi connectivity index (χ1v) is 8.42. The van der Waals surface area contributed by atoms with E-state index in [9.17, 15) is 8.42 Å². The van der Waals surface area contributed by atoms with E-state index >= 15 is 0 Å². The fraction of sp³-hybridized carbons (Fsp3) is 0.500. The van der Waals surface area contributed by atoms with Crippen molar-refractivity contribution in [3.8, 4) is 0 Å². The zero-order valence-corrected chi connectivity index (χ0v) is 12.2. The van der Waals surface area contributed by atoms with E-state index in [1.54, 1.807) is 4.40 Å². The van der Waals surface area contributed by atoms with Crippen molar-refractivity contribution in [2.75, 3.05) is 0 Å². The average Bonchev–Trinajstić information content (AvgIpc) is 2.69. The Morgan fingerprint density at radius 3 is 2.65 bits per heavy atom. The highest BCUT2D eigenvalue weighted by Gasteiger charge is 2.24. The van der Waals surface area contributed by atoms with Crippen LogP contribution >= 0.6 is 22.0 Å². The quantitative estimate of drug-likeness (QED) is 0.817. The SMILES string of the molecule is CCc1nc2sc(C(C)C)cn2c1S(=O)(=O)Cl. The van der Waals surface area contributed by atoms with Crippen LogP contribution < -0.4 is 0 Å². The first kappa shape index (κ1) is 12.9. The molecular weight excluding hydrogens is 280 g/mol. The standard InChI is InChI=1S/C10H13ClN2O2S2/c1-4-7-9(17(11,14)15)13-5-8(6(2)3)16-10(13)12-7/h5-6H,4H2,1-3H3. The van der Waals surface area contributed by atoms with Crippen LogP contribution in [0, 0.1) is 0 Å². The van der Waals surface area contributed by atoms with Crippen LogP contribution in [0.3, 0.4) is 0 Å². The lowest BCUT2D eigenvalue weighted by molar-refractivity contribution is 0.603. The Morgan fingerprint density at radius 1 is 1.53 bits per heavy atom. The molecule has 0 aliphatic carbocycles. The number of hydrogen-bond donors (Lipinski definition) is 0. The molecule has 0 atom stereocenters. The van der Waals surface area contributed by atoms with Gasteiger partial charge >= 0.3 is 0 Å². The third-order valence-corrected chi connectivity index (χ3v) is 5.12. The molecule has 0 aromatic carbocycles. The fourth-order valence-electron chi connectivity index (χ4n) is 1.64. The van der Waals surface area contributed by atoms with E-state index in [0.717, 1.165) is 4.88 Å². The van der Waals surface area contributed by atoms with Gasteiger partial charge in [-0.1, -0.05) is 20.8 Å². The maximum atomic E-state index is 11.6. The Labute approximate surface area is 109 Å². The second kappa shape index (κ2) is 4.26. The minimum absolute atomic E-state index is 0.111. The largest absolute Gasteiger partial charge is 0.279 e. The molecule has 7 heteroatoms. The molecule has 0 saturated heterocycles. The zero-order valence-electron chi connectivity index (χ0n) is 9.77. The van der Waals surface area contributed by atoms with E-state index in [0.29, 0.717) is 23.0 Å². The van der Waals surface area contributed by atoms with E-state index in [2.05, 4.69) is 18.8 Å². The van der Waals surface area contributed by atoms with Gasteiger partial charge in [0.2, 0.25) is 0 Å². The monoisotopic (exact) mass is 292 g/mol. The van der Waals surface area contributed by atoms with Crippen LogP contribution in [0.1, 0.15) is 37.3 Å². The summed E-state index contributed by atoms with van der Waals surface area (Å²) in [5.74, 6) is 0.345. The average molecular weight is 293 g/mol. The van der Waals surface area contributed by atoms with Crippen molar-refractivity contribution in [2.45, 2.75) is 38.1 Å². The predicted molar refractivity (Wildman–Crippen MR) is 69.6 cm³/mol. The molecule has 2 rings (SSSR count). The maximum absolute atomic E-state index is 11.6. The molecule has 17 heavy (non-hydrogen) atoms. The molecule has 94 valence electrons. The molecule has 0 N–H and O–H groups in total. The van der Waals surface area contributed by atoms with E-state index in [-0.39, 0.29) is 5.03 Å². The Kier molecular flexibility index (Phi) is 3.22. The smallest absolute Gasteiger partial charge is 0.279 e. The number of rotatable bonds is 3. The number of thiazole rings is 1. The molecule has 0 unspecified atom stereocenters. The summed E-state index contributed by atoms with van der Waals surface area (Å²) in [6.07, 6.45) is 2.36. The van der Waals surface area contributed by atoms with Crippen molar-refractivity contribution in [1.29, 1.82) is 0 Å². The summed E-state index contributed by atoms with van der Waals surface area (Å²) in [5.41, 5.74) is 0.529. The van der Waals surface area contributed by atoms with Crippen molar-refractivity contribution in [3.63, 3.8) is 0 Å². The van der Waals surface area contributed by atoms with Gasteiger partial charge in [-0.15, -0.1) is 11.3 Å². The van der Waals surface area contributed by atoms with Gasteiger partial charge in [0.1, 0.15) is 0 Å². The van der Waals surface area contributed by atoms with Gasteiger partial charge in [0, 0.05) is 21.8 Å². The maximum Gasteiger partial charge on any atom is 0.279 e. The van der Waals surface area contributed by atoms with E-state index in [4.69, 9.17) is 10.7 Å². The Morgan fingerprint density at radius 2 is 2.18 bits per heavy atom. The Balaban J connectivity index is 2.77. The first-order valence-electron chi connectivity index (χ1n) is 5.30. The first-order chi connectivity index (χ1) is 7.84. The highest BCUT2D eigenvalue weighted by atomic mass is 35.7. The lowest BCUT2D eigenvalue weighted by Gasteiger charge is -1.99. The lowest BCUT2D eigenvalue weighted by atomic mass is 10.2. The van der Waals surface area contributed by atoms with Crippen LogP contribution in [-0.4, -0.2) is 17.8 Å². The number of halogens is 1. The van der Waals surface area contributed by atoms with Crippen LogP contribution in [-0.2, 0) is 15.5 Å². The third-order valence-electron chi connectivity index (χ3n) is 2.50. The number of hydrogen-bond acceptors (Lipinski definition) is 4. The van der Waals surface area contributed by atoms with Crippen LogP contribution in [0.2, 0.25) is 0 Å². The molecular formula is C10H13ClN2O2S2. The van der Waals surface area contributed by atoms with Gasteiger partial charge in [0.05, 0.1) is 5.69 Å². The Bertz CT molecular complexity index is 655. The number of nitrogens with zero attached hydrogens (tertiary/aromatic N) is 2. The molecule has 0 fully saturated rings. The lowest BCUT2D eigenvalue weighted by Crippen LogP contribution is -1.99. The van der Waals surface area contributed by atoms with E-state index in [1.165, 1.54) is 11.3 Å². The van der Waals surface area contributed by atoms with Gasteiger partial charge in [-0.2, -0.15) is 0 Å². The van der Waals surface area contributed by atoms with Gasteiger partial charge in [-0.3, -0.25) is 4.40 Å². The minimum Gasteiger partial charge on any atom is -0.279 e. The van der Waals surface area contributed by atoms with Crippen LogP contribution in [0.25, 0.3) is 4.96 Å². The predicted octanol–water partition coefficient (Wildman–Crippen LogP) is 3.01. The fourth-order valence-corrected chi connectivity index (χ4v) is 4.04. The van der Waals surface area contributed by atoms with E-state index in [1.807, 2.05) is 13.1 Å². The van der Waals surface area contributed by atoms with Gasteiger partial charge in [-0.25, -0.2) is 13.4 Å². The normalized spacial score (nSPS) is 12.8. The molecule has 0 saturated carbocycles. The summed E-state index contributed by atoms with van der Waals surface area (Å²) >= 11 is 1.50. The van der Waals surface area contributed by atoms with Crippen molar-refractivity contribution >= 4 is 36.0 Å². The molecule has 2 heterocycles. The van der Waals surface area contributed by atoms with Crippen LogP contribution in [0.15, 0.2) is 11.2 Å².